The second-order valence-corrected chi connectivity index (χ2v) is 3.97. The highest BCUT2D eigenvalue weighted by Crippen LogP contribution is 2.23. The molecular weight excluding hydrogens is 198 g/mol. The van der Waals surface area contributed by atoms with Crippen LogP contribution in [0.1, 0.15) is 18.8 Å². The van der Waals surface area contributed by atoms with E-state index in [9.17, 15) is 0 Å². The van der Waals surface area contributed by atoms with E-state index in [1.165, 1.54) is 11.3 Å². The van der Waals surface area contributed by atoms with E-state index in [1.54, 1.807) is 18.6 Å². The first-order valence-electron chi connectivity index (χ1n) is 4.23. The quantitative estimate of drug-likeness (QED) is 0.717. The maximum absolute atomic E-state index is 5.57. The lowest BCUT2D eigenvalue weighted by Gasteiger charge is -2.08. The topological polar surface area (TPSA) is 79.6 Å². The Hall–Kier alpha value is -1.56. The molecule has 0 saturated carbocycles. The summed E-state index contributed by atoms with van der Waals surface area (Å²) in [6.45, 7) is 2.01. The minimum atomic E-state index is 0.107. The van der Waals surface area contributed by atoms with Crippen LogP contribution in [-0.2, 0) is 0 Å². The Labute approximate surface area is 85.4 Å². The lowest BCUT2D eigenvalue weighted by Crippen LogP contribution is -2.07. The third kappa shape index (κ3) is 1.85. The molecule has 0 radical (unpaired) electrons. The van der Waals surface area contributed by atoms with E-state index in [0.717, 1.165) is 11.0 Å². The van der Waals surface area contributed by atoms with Gasteiger partial charge in [-0.3, -0.25) is 0 Å². The minimum Gasteiger partial charge on any atom is -0.389 e. The summed E-state index contributed by atoms with van der Waals surface area (Å²) < 4.78 is 0. The molecule has 0 fully saturated rings. The van der Waals surface area contributed by atoms with Gasteiger partial charge in [0.15, 0.2) is 5.13 Å². The molecule has 2 aromatic rings. The lowest BCUT2D eigenvalue weighted by atomic mass is 10.3. The van der Waals surface area contributed by atoms with Crippen LogP contribution >= 0.6 is 11.3 Å². The van der Waals surface area contributed by atoms with E-state index in [1.807, 2.05) is 6.92 Å². The molecule has 0 spiro atoms. The van der Waals surface area contributed by atoms with Gasteiger partial charge in [-0.25, -0.2) is 9.97 Å². The van der Waals surface area contributed by atoms with Crippen LogP contribution in [0.3, 0.4) is 0 Å². The molecule has 4 N–H and O–H groups in total. The first kappa shape index (κ1) is 9.01. The number of nitrogens with two attached hydrogens (primary N) is 1. The summed E-state index contributed by atoms with van der Waals surface area (Å²) in [5.41, 5.74) is 5.57. The van der Waals surface area contributed by atoms with Crippen LogP contribution in [0.2, 0.25) is 0 Å². The molecule has 0 aliphatic carbocycles. The number of imidazole rings is 1. The molecule has 2 heterocycles. The first-order chi connectivity index (χ1) is 6.75. The van der Waals surface area contributed by atoms with Crippen molar-refractivity contribution >= 4 is 21.5 Å². The van der Waals surface area contributed by atoms with Gasteiger partial charge in [0.05, 0.1) is 12.2 Å². The molecular formula is C8H11N5S. The summed E-state index contributed by atoms with van der Waals surface area (Å²) in [7, 11) is 0. The molecule has 0 aromatic carbocycles. The number of anilines is 2. The third-order valence-corrected chi connectivity index (χ3v) is 2.55. The Morgan fingerprint density at radius 2 is 2.43 bits per heavy atom. The van der Waals surface area contributed by atoms with Crippen molar-refractivity contribution < 1.29 is 0 Å². The van der Waals surface area contributed by atoms with Crippen LogP contribution in [0.4, 0.5) is 10.1 Å². The second-order valence-electron chi connectivity index (χ2n) is 2.91. The summed E-state index contributed by atoms with van der Waals surface area (Å²) in [5.74, 6) is 0.888. The molecule has 0 amide bonds. The second kappa shape index (κ2) is 3.67. The van der Waals surface area contributed by atoms with E-state index in [2.05, 4.69) is 20.3 Å². The highest BCUT2D eigenvalue weighted by atomic mass is 32.1. The standard InChI is InChI=1S/C8H11N5S/c1-5(7-10-2-3-11-7)13-8-12-4-6(9)14-8/h2-5H,9H2,1H3,(H,10,11)(H,12,13). The van der Waals surface area contributed by atoms with Gasteiger partial charge in [-0.2, -0.15) is 0 Å². The zero-order chi connectivity index (χ0) is 9.97. The molecule has 0 saturated heterocycles. The predicted octanol–water partition coefficient (Wildman–Crippen LogP) is 1.62. The Morgan fingerprint density at radius 1 is 1.57 bits per heavy atom. The van der Waals surface area contributed by atoms with Crippen molar-refractivity contribution in [1.29, 1.82) is 0 Å². The summed E-state index contributed by atoms with van der Waals surface area (Å²) >= 11 is 1.43. The number of nitrogen functional groups attached to an aromatic ring is 1. The number of thiazole rings is 1. The third-order valence-electron chi connectivity index (χ3n) is 1.79. The largest absolute Gasteiger partial charge is 0.389 e. The van der Waals surface area contributed by atoms with Gasteiger partial charge in [-0.1, -0.05) is 11.3 Å². The molecule has 1 atom stereocenters. The van der Waals surface area contributed by atoms with Gasteiger partial charge in [0, 0.05) is 12.4 Å². The van der Waals surface area contributed by atoms with Crippen LogP contribution in [-0.4, -0.2) is 15.0 Å². The molecule has 2 rings (SSSR count). The van der Waals surface area contributed by atoms with Crippen LogP contribution in [0.15, 0.2) is 18.6 Å². The van der Waals surface area contributed by atoms with E-state index < -0.39 is 0 Å². The molecule has 0 aliphatic rings. The van der Waals surface area contributed by atoms with Crippen molar-refractivity contribution in [2.45, 2.75) is 13.0 Å². The lowest BCUT2D eigenvalue weighted by molar-refractivity contribution is 0.808. The number of aromatic amines is 1. The van der Waals surface area contributed by atoms with Crippen molar-refractivity contribution in [3.05, 3.63) is 24.4 Å². The van der Waals surface area contributed by atoms with Crippen molar-refractivity contribution in [3.63, 3.8) is 0 Å². The van der Waals surface area contributed by atoms with Crippen LogP contribution < -0.4 is 11.1 Å². The Balaban J connectivity index is 2.05. The molecule has 1 unspecified atom stereocenters. The van der Waals surface area contributed by atoms with E-state index >= 15 is 0 Å². The van der Waals surface area contributed by atoms with Crippen molar-refractivity contribution in [2.24, 2.45) is 0 Å². The number of hydrogen-bond donors (Lipinski definition) is 3. The van der Waals surface area contributed by atoms with Gasteiger partial charge in [0.2, 0.25) is 0 Å². The van der Waals surface area contributed by atoms with Crippen LogP contribution in [0.25, 0.3) is 0 Å². The van der Waals surface area contributed by atoms with Crippen molar-refractivity contribution in [3.8, 4) is 0 Å². The normalized spacial score (nSPS) is 12.6. The molecule has 14 heavy (non-hydrogen) atoms. The number of aromatic nitrogens is 3. The van der Waals surface area contributed by atoms with Gasteiger partial charge in [0.25, 0.3) is 0 Å². The molecule has 0 aliphatic heterocycles. The average Bonchev–Trinajstić information content (AvgIpc) is 2.75. The maximum Gasteiger partial charge on any atom is 0.185 e. The molecule has 6 heteroatoms. The Bertz CT molecular complexity index is 394. The fraction of sp³-hybridized carbons (Fsp3) is 0.250. The number of nitrogens with zero attached hydrogens (tertiary/aromatic N) is 2. The number of nitrogens with one attached hydrogen (secondary N) is 2. The van der Waals surface area contributed by atoms with Crippen molar-refractivity contribution in [2.75, 3.05) is 11.1 Å². The zero-order valence-electron chi connectivity index (χ0n) is 7.69. The summed E-state index contributed by atoms with van der Waals surface area (Å²) in [6.07, 6.45) is 5.16. The molecule has 5 nitrogen and oxygen atoms in total. The van der Waals surface area contributed by atoms with Crippen LogP contribution in [0.5, 0.6) is 0 Å². The van der Waals surface area contributed by atoms with Gasteiger partial charge in [-0.15, -0.1) is 0 Å². The van der Waals surface area contributed by atoms with Gasteiger partial charge < -0.3 is 16.0 Å². The fourth-order valence-electron chi connectivity index (χ4n) is 1.12. The number of rotatable bonds is 3. The highest BCUT2D eigenvalue weighted by Gasteiger charge is 2.08. The molecule has 2 aromatic heterocycles. The number of hydrogen-bond acceptors (Lipinski definition) is 5. The van der Waals surface area contributed by atoms with Crippen LogP contribution in [0, 0.1) is 0 Å². The van der Waals surface area contributed by atoms with E-state index in [4.69, 9.17) is 5.73 Å². The SMILES string of the molecule is CC(Nc1ncc(N)s1)c1ncc[nH]1. The maximum atomic E-state index is 5.57. The van der Waals surface area contributed by atoms with E-state index in [-0.39, 0.29) is 6.04 Å². The minimum absolute atomic E-state index is 0.107. The smallest absolute Gasteiger partial charge is 0.185 e. The van der Waals surface area contributed by atoms with E-state index in [0.29, 0.717) is 5.00 Å². The summed E-state index contributed by atoms with van der Waals surface area (Å²) in [6, 6.07) is 0.107. The van der Waals surface area contributed by atoms with Crippen molar-refractivity contribution in [1.82, 2.24) is 15.0 Å². The van der Waals surface area contributed by atoms with Gasteiger partial charge >= 0.3 is 0 Å². The van der Waals surface area contributed by atoms with Gasteiger partial charge in [-0.05, 0) is 6.92 Å². The molecule has 74 valence electrons. The average molecular weight is 209 g/mol. The predicted molar refractivity (Wildman–Crippen MR) is 57.2 cm³/mol. The van der Waals surface area contributed by atoms with Gasteiger partial charge in [0.1, 0.15) is 10.8 Å². The molecule has 0 bridgehead atoms. The summed E-state index contributed by atoms with van der Waals surface area (Å²) in [5, 5.41) is 4.72. The monoisotopic (exact) mass is 209 g/mol. The Kier molecular flexibility index (Phi) is 2.36. The first-order valence-corrected chi connectivity index (χ1v) is 5.04. The summed E-state index contributed by atoms with van der Waals surface area (Å²) in [4.78, 5) is 11.3. The Morgan fingerprint density at radius 3 is 3.00 bits per heavy atom. The highest BCUT2D eigenvalue weighted by molar-refractivity contribution is 7.19. The zero-order valence-corrected chi connectivity index (χ0v) is 8.51. The number of H-pyrrole nitrogens is 1. The fourth-order valence-corrected chi connectivity index (χ4v) is 1.79.